The highest BCUT2D eigenvalue weighted by atomic mass is 32.2. The van der Waals surface area contributed by atoms with E-state index < -0.39 is 10.0 Å². The molecule has 1 saturated carbocycles. The van der Waals surface area contributed by atoms with Crippen LogP contribution in [-0.2, 0) is 10.0 Å². The van der Waals surface area contributed by atoms with Gasteiger partial charge in [-0.1, -0.05) is 27.2 Å². The van der Waals surface area contributed by atoms with Crippen LogP contribution in [0.5, 0.6) is 0 Å². The van der Waals surface area contributed by atoms with Gasteiger partial charge in [0.2, 0.25) is 10.0 Å². The minimum Gasteiger partial charge on any atom is -0.313 e. The van der Waals surface area contributed by atoms with Crippen molar-refractivity contribution in [1.82, 2.24) is 10.0 Å². The van der Waals surface area contributed by atoms with Crippen LogP contribution >= 0.6 is 0 Å². The summed E-state index contributed by atoms with van der Waals surface area (Å²) in [5, 5.41) is 3.12. The molecule has 4 nitrogen and oxygen atoms in total. The van der Waals surface area contributed by atoms with Crippen LogP contribution in [0.1, 0.15) is 46.5 Å². The maximum atomic E-state index is 11.8. The molecule has 5 heteroatoms. The lowest BCUT2D eigenvalue weighted by atomic mass is 9.67. The molecule has 0 heterocycles. The summed E-state index contributed by atoms with van der Waals surface area (Å²) in [6.45, 7) is 7.31. The molecule has 0 spiro atoms. The standard InChI is InChI=1S/C12H26N2O2S/c1-4-12(6-5-7-12)10-14-17(15,16)9-8-13-11(2)3/h11,13-14H,4-10H2,1-3H3. The Morgan fingerprint density at radius 3 is 2.35 bits per heavy atom. The lowest BCUT2D eigenvalue weighted by Gasteiger charge is -2.41. The molecule has 0 radical (unpaired) electrons. The molecule has 0 unspecified atom stereocenters. The van der Waals surface area contributed by atoms with E-state index in [1.807, 2.05) is 13.8 Å². The summed E-state index contributed by atoms with van der Waals surface area (Å²) in [5.74, 6) is 0.172. The first-order valence-electron chi connectivity index (χ1n) is 6.60. The number of rotatable bonds is 8. The van der Waals surface area contributed by atoms with E-state index in [2.05, 4.69) is 17.0 Å². The zero-order valence-electron chi connectivity index (χ0n) is 11.3. The van der Waals surface area contributed by atoms with Crippen molar-refractivity contribution >= 4 is 10.0 Å². The first-order chi connectivity index (χ1) is 7.89. The second kappa shape index (κ2) is 6.16. The van der Waals surface area contributed by atoms with Crippen molar-refractivity contribution in [2.75, 3.05) is 18.8 Å². The Labute approximate surface area is 106 Å². The Bertz CT molecular complexity index is 316. The molecular formula is C12H26N2O2S. The van der Waals surface area contributed by atoms with Crippen molar-refractivity contribution in [2.45, 2.75) is 52.5 Å². The van der Waals surface area contributed by atoms with Crippen LogP contribution in [0.3, 0.4) is 0 Å². The van der Waals surface area contributed by atoms with Crippen molar-refractivity contribution in [1.29, 1.82) is 0 Å². The first kappa shape index (κ1) is 14.9. The van der Waals surface area contributed by atoms with E-state index in [9.17, 15) is 8.42 Å². The molecule has 0 saturated heterocycles. The molecule has 1 rings (SSSR count). The normalized spacial score (nSPS) is 19.3. The number of hydrogen-bond donors (Lipinski definition) is 2. The Kier molecular flexibility index (Phi) is 5.41. The maximum absolute atomic E-state index is 11.8. The van der Waals surface area contributed by atoms with Gasteiger partial charge in [0.15, 0.2) is 0 Å². The van der Waals surface area contributed by atoms with Crippen molar-refractivity contribution in [3.8, 4) is 0 Å². The van der Waals surface area contributed by atoms with Gasteiger partial charge >= 0.3 is 0 Å². The topological polar surface area (TPSA) is 58.2 Å². The maximum Gasteiger partial charge on any atom is 0.212 e. The molecule has 0 aromatic heterocycles. The Morgan fingerprint density at radius 1 is 1.29 bits per heavy atom. The second-order valence-corrected chi connectivity index (χ2v) is 7.38. The average molecular weight is 262 g/mol. The quantitative estimate of drug-likeness (QED) is 0.696. The second-order valence-electron chi connectivity index (χ2n) is 5.46. The van der Waals surface area contributed by atoms with Crippen molar-refractivity contribution in [2.24, 2.45) is 5.41 Å². The van der Waals surface area contributed by atoms with Crippen LogP contribution in [-0.4, -0.2) is 33.3 Å². The first-order valence-corrected chi connectivity index (χ1v) is 8.25. The monoisotopic (exact) mass is 262 g/mol. The van der Waals surface area contributed by atoms with Crippen LogP contribution in [0.4, 0.5) is 0 Å². The predicted molar refractivity (Wildman–Crippen MR) is 71.5 cm³/mol. The minimum atomic E-state index is -3.11. The summed E-state index contributed by atoms with van der Waals surface area (Å²) < 4.78 is 26.3. The van der Waals surface area contributed by atoms with Gasteiger partial charge in [-0.25, -0.2) is 13.1 Å². The molecule has 1 fully saturated rings. The lowest BCUT2D eigenvalue weighted by Crippen LogP contribution is -2.43. The van der Waals surface area contributed by atoms with E-state index in [0.717, 1.165) is 19.3 Å². The van der Waals surface area contributed by atoms with Gasteiger partial charge < -0.3 is 5.32 Å². The van der Waals surface area contributed by atoms with E-state index in [0.29, 0.717) is 19.1 Å². The molecule has 0 bridgehead atoms. The van der Waals surface area contributed by atoms with Gasteiger partial charge in [-0.3, -0.25) is 0 Å². The summed E-state index contributed by atoms with van der Waals surface area (Å²) >= 11 is 0. The van der Waals surface area contributed by atoms with Crippen molar-refractivity contribution in [3.05, 3.63) is 0 Å². The number of nitrogens with one attached hydrogen (secondary N) is 2. The third-order valence-electron chi connectivity index (χ3n) is 3.75. The highest BCUT2D eigenvalue weighted by molar-refractivity contribution is 7.89. The van der Waals surface area contributed by atoms with Crippen molar-refractivity contribution < 1.29 is 8.42 Å². The Morgan fingerprint density at radius 2 is 1.94 bits per heavy atom. The molecule has 0 atom stereocenters. The van der Waals surface area contributed by atoms with Crippen LogP contribution in [0.15, 0.2) is 0 Å². The summed E-state index contributed by atoms with van der Waals surface area (Å²) in [6.07, 6.45) is 4.64. The number of hydrogen-bond acceptors (Lipinski definition) is 3. The zero-order chi connectivity index (χ0) is 12.9. The van der Waals surface area contributed by atoms with Gasteiger partial charge in [0.1, 0.15) is 0 Å². The summed E-state index contributed by atoms with van der Waals surface area (Å²) in [7, 11) is -3.11. The van der Waals surface area contributed by atoms with Crippen LogP contribution in [0.2, 0.25) is 0 Å². The van der Waals surface area contributed by atoms with Gasteiger partial charge in [0.05, 0.1) is 5.75 Å². The zero-order valence-corrected chi connectivity index (χ0v) is 12.1. The molecule has 0 aromatic carbocycles. The average Bonchev–Trinajstić information content (AvgIpc) is 2.15. The fourth-order valence-electron chi connectivity index (χ4n) is 2.15. The Balaban J connectivity index is 2.29. The molecule has 0 aliphatic heterocycles. The Hall–Kier alpha value is -0.130. The van der Waals surface area contributed by atoms with Crippen molar-refractivity contribution in [3.63, 3.8) is 0 Å². The highest BCUT2D eigenvalue weighted by Crippen LogP contribution is 2.43. The van der Waals surface area contributed by atoms with E-state index in [1.54, 1.807) is 0 Å². The van der Waals surface area contributed by atoms with Gasteiger partial charge in [-0.15, -0.1) is 0 Å². The van der Waals surface area contributed by atoms with Crippen LogP contribution in [0, 0.1) is 5.41 Å². The smallest absolute Gasteiger partial charge is 0.212 e. The minimum absolute atomic E-state index is 0.172. The van der Waals surface area contributed by atoms with Crippen LogP contribution < -0.4 is 10.0 Å². The summed E-state index contributed by atoms with van der Waals surface area (Å²) in [4.78, 5) is 0. The van der Waals surface area contributed by atoms with E-state index in [-0.39, 0.29) is 11.2 Å². The molecule has 2 N–H and O–H groups in total. The van der Waals surface area contributed by atoms with E-state index >= 15 is 0 Å². The number of sulfonamides is 1. The molecular weight excluding hydrogens is 236 g/mol. The fraction of sp³-hybridized carbons (Fsp3) is 1.00. The van der Waals surface area contributed by atoms with Gasteiger partial charge in [-0.2, -0.15) is 0 Å². The van der Waals surface area contributed by atoms with Gasteiger partial charge in [-0.05, 0) is 24.7 Å². The molecule has 0 aromatic rings. The predicted octanol–water partition coefficient (Wildman–Crippen LogP) is 1.48. The van der Waals surface area contributed by atoms with E-state index in [4.69, 9.17) is 0 Å². The SMILES string of the molecule is CCC1(CNS(=O)(=O)CCNC(C)C)CCC1. The third-order valence-corrected chi connectivity index (χ3v) is 5.08. The van der Waals surface area contributed by atoms with Gasteiger partial charge in [0.25, 0.3) is 0 Å². The molecule has 1 aliphatic rings. The highest BCUT2D eigenvalue weighted by Gasteiger charge is 2.35. The van der Waals surface area contributed by atoms with Crippen LogP contribution in [0.25, 0.3) is 0 Å². The molecule has 102 valence electrons. The van der Waals surface area contributed by atoms with E-state index in [1.165, 1.54) is 6.42 Å². The van der Waals surface area contributed by atoms with Gasteiger partial charge in [0, 0.05) is 19.1 Å². The summed E-state index contributed by atoms with van der Waals surface area (Å²) in [6, 6.07) is 0.332. The molecule has 17 heavy (non-hydrogen) atoms. The fourth-order valence-corrected chi connectivity index (χ4v) is 3.21. The lowest BCUT2D eigenvalue weighted by molar-refractivity contribution is 0.133. The third kappa shape index (κ3) is 4.94. The molecule has 0 amide bonds. The summed E-state index contributed by atoms with van der Waals surface area (Å²) in [5.41, 5.74) is 0.249. The largest absolute Gasteiger partial charge is 0.313 e. The molecule has 1 aliphatic carbocycles.